The van der Waals surface area contributed by atoms with Crippen LogP contribution in [0, 0.1) is 0 Å². The molecule has 0 aliphatic carbocycles. The molecule has 194 valence electrons. The van der Waals surface area contributed by atoms with Crippen LogP contribution in [0.3, 0.4) is 0 Å². The van der Waals surface area contributed by atoms with Gasteiger partial charge in [-0.25, -0.2) is 4.79 Å². The van der Waals surface area contributed by atoms with E-state index in [9.17, 15) is 14.4 Å². The largest absolute Gasteiger partial charge is 0.462 e. The molecule has 0 atom stereocenters. The average Bonchev–Trinajstić information content (AvgIpc) is 3.26. The molecule has 0 saturated carbocycles. The van der Waals surface area contributed by atoms with Gasteiger partial charge in [0.05, 0.1) is 45.2 Å². The first-order valence-corrected chi connectivity index (χ1v) is 13.0. The van der Waals surface area contributed by atoms with Crippen molar-refractivity contribution in [2.75, 3.05) is 17.7 Å². The normalized spacial score (nSPS) is 10.6. The molecule has 9 nitrogen and oxygen atoms in total. The molecule has 2 aromatic carbocycles. The third-order valence-corrected chi connectivity index (χ3v) is 6.81. The van der Waals surface area contributed by atoms with E-state index < -0.39 is 5.97 Å². The third-order valence-electron chi connectivity index (χ3n) is 4.78. The summed E-state index contributed by atoms with van der Waals surface area (Å²) in [7, 11) is 0. The highest BCUT2D eigenvalue weighted by atomic mass is 35.5. The summed E-state index contributed by atoms with van der Waals surface area (Å²) in [5.41, 5.74) is 0.907. The highest BCUT2D eigenvalue weighted by molar-refractivity contribution is 7.99. The molecule has 0 bridgehead atoms. The summed E-state index contributed by atoms with van der Waals surface area (Å²) in [4.78, 5) is 37.0. The molecule has 0 spiro atoms. The number of hydrogen-bond donors (Lipinski definition) is 2. The Kier molecular flexibility index (Phi) is 10.4. The van der Waals surface area contributed by atoms with Crippen molar-refractivity contribution in [3.05, 3.63) is 81.1 Å². The van der Waals surface area contributed by atoms with Gasteiger partial charge in [-0.2, -0.15) is 0 Å². The number of amides is 2. The molecular formula is C24H22Cl3N5O4S. The second-order valence-corrected chi connectivity index (χ2v) is 9.53. The first-order chi connectivity index (χ1) is 17.7. The Morgan fingerprint density at radius 1 is 1.05 bits per heavy atom. The highest BCUT2D eigenvalue weighted by Gasteiger charge is 2.17. The van der Waals surface area contributed by atoms with E-state index >= 15 is 0 Å². The van der Waals surface area contributed by atoms with Crippen LogP contribution in [0.4, 0.5) is 5.69 Å². The van der Waals surface area contributed by atoms with E-state index in [4.69, 9.17) is 39.5 Å². The van der Waals surface area contributed by atoms with Crippen LogP contribution in [0.2, 0.25) is 15.1 Å². The number of benzene rings is 2. The Morgan fingerprint density at radius 3 is 2.49 bits per heavy atom. The number of carbonyl (C=O) groups excluding carboxylic acids is 3. The SMILES string of the molecule is C=CCn1c(CNC(=O)c2ccc(Cl)c(Cl)c2)nnc1SCC(=O)Nc1cc(C(=O)OCC)ccc1Cl. The fourth-order valence-electron chi connectivity index (χ4n) is 3.05. The molecule has 0 aliphatic rings. The predicted octanol–water partition coefficient (Wildman–Crippen LogP) is 5.26. The smallest absolute Gasteiger partial charge is 0.338 e. The minimum absolute atomic E-state index is 0.00906. The molecule has 0 saturated heterocycles. The molecule has 2 amide bonds. The summed E-state index contributed by atoms with van der Waals surface area (Å²) in [5.74, 6) is -0.773. The molecule has 0 unspecified atom stereocenters. The molecule has 13 heteroatoms. The average molecular weight is 583 g/mol. The number of nitrogens with zero attached hydrogens (tertiary/aromatic N) is 3. The fraction of sp³-hybridized carbons (Fsp3) is 0.208. The van der Waals surface area contributed by atoms with Gasteiger partial charge in [0.2, 0.25) is 5.91 Å². The zero-order chi connectivity index (χ0) is 26.9. The van der Waals surface area contributed by atoms with Crippen molar-refractivity contribution in [3.8, 4) is 0 Å². The summed E-state index contributed by atoms with van der Waals surface area (Å²) in [6.07, 6.45) is 1.65. The molecule has 0 aliphatic heterocycles. The molecule has 37 heavy (non-hydrogen) atoms. The molecule has 3 aromatic rings. The van der Waals surface area contributed by atoms with Gasteiger partial charge in [-0.05, 0) is 43.3 Å². The Hall–Kier alpha value is -3.05. The molecule has 1 aromatic heterocycles. The lowest BCUT2D eigenvalue weighted by Crippen LogP contribution is -2.25. The van der Waals surface area contributed by atoms with Gasteiger partial charge >= 0.3 is 5.97 Å². The minimum Gasteiger partial charge on any atom is -0.462 e. The number of allylic oxidation sites excluding steroid dienone is 1. The molecule has 1 heterocycles. The van der Waals surface area contributed by atoms with Crippen LogP contribution in [0.25, 0.3) is 0 Å². The first kappa shape index (κ1) is 28.5. The van der Waals surface area contributed by atoms with E-state index in [2.05, 4.69) is 27.4 Å². The summed E-state index contributed by atoms with van der Waals surface area (Å²) in [5, 5.41) is 15.1. The Labute approximate surface area is 232 Å². The molecular weight excluding hydrogens is 561 g/mol. The number of thioether (sulfide) groups is 1. The van der Waals surface area contributed by atoms with Gasteiger partial charge in [0, 0.05) is 12.1 Å². The van der Waals surface area contributed by atoms with Gasteiger partial charge < -0.3 is 19.9 Å². The van der Waals surface area contributed by atoms with E-state index in [0.29, 0.717) is 28.1 Å². The zero-order valence-corrected chi connectivity index (χ0v) is 22.7. The van der Waals surface area contributed by atoms with E-state index in [0.717, 1.165) is 11.8 Å². The molecule has 0 radical (unpaired) electrons. The zero-order valence-electron chi connectivity index (χ0n) is 19.6. The van der Waals surface area contributed by atoms with Gasteiger partial charge in [-0.3, -0.25) is 9.59 Å². The maximum atomic E-state index is 12.6. The van der Waals surface area contributed by atoms with Crippen molar-refractivity contribution >= 4 is 70.0 Å². The van der Waals surface area contributed by atoms with Crippen LogP contribution in [-0.4, -0.2) is 44.9 Å². The maximum absolute atomic E-state index is 12.6. The van der Waals surface area contributed by atoms with Crippen LogP contribution in [0.15, 0.2) is 54.2 Å². The second kappa shape index (κ2) is 13.5. The van der Waals surface area contributed by atoms with Crippen LogP contribution in [0.1, 0.15) is 33.5 Å². The Morgan fingerprint density at radius 2 is 1.78 bits per heavy atom. The highest BCUT2D eigenvalue weighted by Crippen LogP contribution is 2.25. The fourth-order valence-corrected chi connectivity index (χ4v) is 4.28. The number of esters is 1. The Bertz CT molecular complexity index is 1330. The van der Waals surface area contributed by atoms with Gasteiger partial charge in [-0.1, -0.05) is 52.6 Å². The number of anilines is 1. The van der Waals surface area contributed by atoms with Crippen molar-refractivity contribution in [1.82, 2.24) is 20.1 Å². The number of hydrogen-bond acceptors (Lipinski definition) is 7. The van der Waals surface area contributed by atoms with E-state index in [1.807, 2.05) is 0 Å². The van der Waals surface area contributed by atoms with Gasteiger partial charge in [-0.15, -0.1) is 16.8 Å². The van der Waals surface area contributed by atoms with Gasteiger partial charge in [0.25, 0.3) is 5.91 Å². The topological polar surface area (TPSA) is 115 Å². The summed E-state index contributed by atoms with van der Waals surface area (Å²) in [6, 6.07) is 9.06. The van der Waals surface area contributed by atoms with Crippen LogP contribution < -0.4 is 10.6 Å². The summed E-state index contributed by atoms with van der Waals surface area (Å²) in [6.45, 7) is 6.12. The summed E-state index contributed by atoms with van der Waals surface area (Å²) >= 11 is 19.2. The van der Waals surface area contributed by atoms with E-state index in [1.54, 1.807) is 29.7 Å². The quantitative estimate of drug-likeness (QED) is 0.180. The molecule has 2 N–H and O–H groups in total. The predicted molar refractivity (Wildman–Crippen MR) is 145 cm³/mol. The van der Waals surface area contributed by atoms with Crippen LogP contribution >= 0.6 is 46.6 Å². The van der Waals surface area contributed by atoms with Crippen molar-refractivity contribution in [2.24, 2.45) is 0 Å². The van der Waals surface area contributed by atoms with Crippen molar-refractivity contribution in [1.29, 1.82) is 0 Å². The molecule has 3 rings (SSSR count). The lowest BCUT2D eigenvalue weighted by atomic mass is 10.2. The minimum atomic E-state index is -0.514. The van der Waals surface area contributed by atoms with Gasteiger partial charge in [0.1, 0.15) is 0 Å². The van der Waals surface area contributed by atoms with Gasteiger partial charge in [0.15, 0.2) is 11.0 Å². The van der Waals surface area contributed by atoms with E-state index in [-0.39, 0.29) is 52.0 Å². The second-order valence-electron chi connectivity index (χ2n) is 7.36. The number of ether oxygens (including phenoxy) is 1. The number of carbonyl (C=O) groups is 3. The lowest BCUT2D eigenvalue weighted by Gasteiger charge is -2.10. The van der Waals surface area contributed by atoms with Crippen molar-refractivity contribution in [2.45, 2.75) is 25.2 Å². The lowest BCUT2D eigenvalue weighted by molar-refractivity contribution is -0.113. The monoisotopic (exact) mass is 581 g/mol. The number of nitrogens with one attached hydrogen (secondary N) is 2. The summed E-state index contributed by atoms with van der Waals surface area (Å²) < 4.78 is 6.71. The third kappa shape index (κ3) is 7.72. The van der Waals surface area contributed by atoms with Crippen molar-refractivity contribution in [3.63, 3.8) is 0 Å². The van der Waals surface area contributed by atoms with Crippen molar-refractivity contribution < 1.29 is 19.1 Å². The van der Waals surface area contributed by atoms with E-state index in [1.165, 1.54) is 24.3 Å². The Balaban J connectivity index is 1.63. The number of rotatable bonds is 11. The van der Waals surface area contributed by atoms with Crippen LogP contribution in [-0.2, 0) is 22.6 Å². The number of halogens is 3. The maximum Gasteiger partial charge on any atom is 0.338 e. The standard InChI is InChI=1S/C24H22Cl3N5O4S/c1-3-9-32-20(12-28-22(34)14-5-7-16(25)18(27)10-14)30-31-24(32)37-13-21(33)29-19-11-15(6-8-17(19)26)23(35)36-4-2/h3,5-8,10-11H,1,4,9,12-13H2,2H3,(H,28,34)(H,29,33). The first-order valence-electron chi connectivity index (χ1n) is 10.9. The molecule has 0 fully saturated rings. The number of aromatic nitrogens is 3. The van der Waals surface area contributed by atoms with Crippen LogP contribution in [0.5, 0.6) is 0 Å².